The van der Waals surface area contributed by atoms with Gasteiger partial charge in [0.2, 0.25) is 5.95 Å². The zero-order chi connectivity index (χ0) is 17.8. The van der Waals surface area contributed by atoms with E-state index in [9.17, 15) is 4.79 Å². The standard InChI is InChI=1S/C18H18N4O3/c1-24-14-7-3-12(4-8-14)11-16(23)22-18(19)20-17(21-22)13-5-9-15(25-2)10-6-13/h3-10H,11H2,1-2H3,(H2,19,20,21). The number of benzene rings is 2. The third-order valence-corrected chi connectivity index (χ3v) is 3.73. The number of nitrogens with two attached hydrogens (primary N) is 1. The lowest BCUT2D eigenvalue weighted by atomic mass is 10.1. The molecule has 0 atom stereocenters. The van der Waals surface area contributed by atoms with Gasteiger partial charge in [-0.2, -0.15) is 9.67 Å². The monoisotopic (exact) mass is 338 g/mol. The first-order valence-electron chi connectivity index (χ1n) is 7.64. The van der Waals surface area contributed by atoms with Crippen LogP contribution in [-0.2, 0) is 6.42 Å². The molecule has 0 saturated carbocycles. The largest absolute Gasteiger partial charge is 0.497 e. The van der Waals surface area contributed by atoms with Gasteiger partial charge in [-0.1, -0.05) is 12.1 Å². The Bertz CT molecular complexity index is 870. The first kappa shape index (κ1) is 16.5. The van der Waals surface area contributed by atoms with Crippen LogP contribution >= 0.6 is 0 Å². The summed E-state index contributed by atoms with van der Waals surface area (Å²) in [4.78, 5) is 16.6. The van der Waals surface area contributed by atoms with E-state index in [1.54, 1.807) is 38.5 Å². The molecule has 0 spiro atoms. The predicted octanol–water partition coefficient (Wildman–Crippen LogP) is 2.43. The van der Waals surface area contributed by atoms with E-state index >= 15 is 0 Å². The Labute approximate surface area is 145 Å². The van der Waals surface area contributed by atoms with Gasteiger partial charge < -0.3 is 15.2 Å². The van der Waals surface area contributed by atoms with Crippen molar-refractivity contribution in [1.82, 2.24) is 14.8 Å². The van der Waals surface area contributed by atoms with Gasteiger partial charge in [0.05, 0.1) is 20.6 Å². The smallest absolute Gasteiger partial charge is 0.254 e. The topological polar surface area (TPSA) is 92.3 Å². The maximum absolute atomic E-state index is 12.5. The molecule has 0 aliphatic carbocycles. The van der Waals surface area contributed by atoms with Crippen LogP contribution in [0.4, 0.5) is 5.95 Å². The van der Waals surface area contributed by atoms with Crippen LogP contribution in [0.15, 0.2) is 48.5 Å². The highest BCUT2D eigenvalue weighted by Gasteiger charge is 2.15. The number of rotatable bonds is 5. The molecule has 7 nitrogen and oxygen atoms in total. The van der Waals surface area contributed by atoms with Gasteiger partial charge in [0.15, 0.2) is 5.82 Å². The minimum absolute atomic E-state index is 0.0596. The van der Waals surface area contributed by atoms with Gasteiger partial charge in [-0.3, -0.25) is 4.79 Å². The molecule has 1 aromatic heterocycles. The lowest BCUT2D eigenvalue weighted by Gasteiger charge is -2.04. The molecule has 2 N–H and O–H groups in total. The minimum atomic E-state index is -0.255. The van der Waals surface area contributed by atoms with Crippen molar-refractivity contribution in [1.29, 1.82) is 0 Å². The quantitative estimate of drug-likeness (QED) is 0.768. The Hall–Kier alpha value is -3.35. The Morgan fingerprint density at radius 3 is 2.12 bits per heavy atom. The highest BCUT2D eigenvalue weighted by molar-refractivity contribution is 5.83. The van der Waals surface area contributed by atoms with E-state index in [2.05, 4.69) is 10.1 Å². The average Bonchev–Trinajstić information content (AvgIpc) is 3.04. The second-order valence-electron chi connectivity index (χ2n) is 5.35. The number of hydrogen-bond donors (Lipinski definition) is 1. The van der Waals surface area contributed by atoms with E-state index in [4.69, 9.17) is 15.2 Å². The van der Waals surface area contributed by atoms with Crippen LogP contribution in [-0.4, -0.2) is 34.9 Å². The summed E-state index contributed by atoms with van der Waals surface area (Å²) >= 11 is 0. The lowest BCUT2D eigenvalue weighted by molar-refractivity contribution is 0.0901. The fourth-order valence-electron chi connectivity index (χ4n) is 2.36. The van der Waals surface area contributed by atoms with Gasteiger partial charge >= 0.3 is 0 Å². The summed E-state index contributed by atoms with van der Waals surface area (Å²) in [6, 6.07) is 14.5. The minimum Gasteiger partial charge on any atom is -0.497 e. The fourth-order valence-corrected chi connectivity index (χ4v) is 2.36. The van der Waals surface area contributed by atoms with Crippen molar-refractivity contribution in [2.45, 2.75) is 6.42 Å². The van der Waals surface area contributed by atoms with E-state index in [0.717, 1.165) is 27.3 Å². The average molecular weight is 338 g/mol. The Kier molecular flexibility index (Phi) is 4.65. The molecule has 0 bridgehead atoms. The molecular weight excluding hydrogens is 320 g/mol. The molecule has 0 aliphatic heterocycles. The summed E-state index contributed by atoms with van der Waals surface area (Å²) in [5.41, 5.74) is 7.45. The zero-order valence-corrected chi connectivity index (χ0v) is 14.0. The summed E-state index contributed by atoms with van der Waals surface area (Å²) in [6.07, 6.45) is 0.166. The number of nitrogens with zero attached hydrogens (tertiary/aromatic N) is 3. The molecule has 0 aliphatic rings. The van der Waals surface area contributed by atoms with E-state index in [-0.39, 0.29) is 18.3 Å². The van der Waals surface area contributed by atoms with Crippen molar-refractivity contribution < 1.29 is 14.3 Å². The van der Waals surface area contributed by atoms with E-state index in [1.807, 2.05) is 24.3 Å². The number of methoxy groups -OCH3 is 2. The normalized spacial score (nSPS) is 10.5. The fraction of sp³-hybridized carbons (Fsp3) is 0.167. The van der Waals surface area contributed by atoms with Crippen molar-refractivity contribution >= 4 is 11.9 Å². The van der Waals surface area contributed by atoms with Gasteiger partial charge in [-0.25, -0.2) is 0 Å². The summed E-state index contributed by atoms with van der Waals surface area (Å²) in [5.74, 6) is 1.66. The van der Waals surface area contributed by atoms with Crippen LogP contribution < -0.4 is 15.2 Å². The van der Waals surface area contributed by atoms with E-state index in [0.29, 0.717) is 5.82 Å². The van der Waals surface area contributed by atoms with Crippen LogP contribution in [0.25, 0.3) is 11.4 Å². The van der Waals surface area contributed by atoms with Gasteiger partial charge in [-0.05, 0) is 42.0 Å². The van der Waals surface area contributed by atoms with E-state index in [1.165, 1.54) is 0 Å². The zero-order valence-electron chi connectivity index (χ0n) is 14.0. The SMILES string of the molecule is COc1ccc(CC(=O)n2nc(-c3ccc(OC)cc3)nc2N)cc1. The first-order chi connectivity index (χ1) is 12.1. The first-order valence-corrected chi connectivity index (χ1v) is 7.64. The number of carbonyl (C=O) groups excluding carboxylic acids is 1. The molecule has 25 heavy (non-hydrogen) atoms. The third-order valence-electron chi connectivity index (χ3n) is 3.73. The molecule has 3 aromatic rings. The Morgan fingerprint density at radius 1 is 1.00 bits per heavy atom. The number of ether oxygens (including phenoxy) is 2. The molecule has 0 saturated heterocycles. The number of carbonyl (C=O) groups is 1. The number of hydrogen-bond acceptors (Lipinski definition) is 6. The molecule has 128 valence electrons. The molecule has 3 rings (SSSR count). The molecule has 7 heteroatoms. The summed E-state index contributed by atoms with van der Waals surface area (Å²) in [5, 5.41) is 4.23. The Morgan fingerprint density at radius 2 is 1.56 bits per heavy atom. The third kappa shape index (κ3) is 3.60. The van der Waals surface area contributed by atoms with Crippen LogP contribution in [0, 0.1) is 0 Å². The second-order valence-corrected chi connectivity index (χ2v) is 5.35. The summed E-state index contributed by atoms with van der Waals surface area (Å²) in [7, 11) is 3.19. The number of nitrogen functional groups attached to an aromatic ring is 1. The molecule has 2 aromatic carbocycles. The highest BCUT2D eigenvalue weighted by atomic mass is 16.5. The van der Waals surface area contributed by atoms with Gasteiger partial charge in [-0.15, -0.1) is 5.10 Å². The molecule has 0 radical (unpaired) electrons. The van der Waals surface area contributed by atoms with Gasteiger partial charge in [0, 0.05) is 5.56 Å². The van der Waals surface area contributed by atoms with Crippen molar-refractivity contribution in [2.24, 2.45) is 0 Å². The summed E-state index contributed by atoms with van der Waals surface area (Å²) < 4.78 is 11.4. The number of aromatic nitrogens is 3. The highest BCUT2D eigenvalue weighted by Crippen LogP contribution is 2.20. The second kappa shape index (κ2) is 7.04. The van der Waals surface area contributed by atoms with Crippen LogP contribution in [0.3, 0.4) is 0 Å². The number of anilines is 1. The lowest BCUT2D eigenvalue weighted by Crippen LogP contribution is -2.17. The van der Waals surface area contributed by atoms with E-state index < -0.39 is 0 Å². The molecule has 0 unspecified atom stereocenters. The molecule has 0 fully saturated rings. The molecule has 1 heterocycles. The molecular formula is C18H18N4O3. The maximum Gasteiger partial charge on any atom is 0.254 e. The van der Waals surface area contributed by atoms with Crippen LogP contribution in [0.2, 0.25) is 0 Å². The predicted molar refractivity (Wildman–Crippen MR) is 93.7 cm³/mol. The van der Waals surface area contributed by atoms with Gasteiger partial charge in [0.1, 0.15) is 11.5 Å². The van der Waals surface area contributed by atoms with Crippen molar-refractivity contribution in [3.63, 3.8) is 0 Å². The van der Waals surface area contributed by atoms with Crippen molar-refractivity contribution in [2.75, 3.05) is 20.0 Å². The van der Waals surface area contributed by atoms with Crippen LogP contribution in [0.1, 0.15) is 10.4 Å². The van der Waals surface area contributed by atoms with Gasteiger partial charge in [0.25, 0.3) is 5.91 Å². The van der Waals surface area contributed by atoms with Crippen molar-refractivity contribution in [3.05, 3.63) is 54.1 Å². The van der Waals surface area contributed by atoms with Crippen molar-refractivity contribution in [3.8, 4) is 22.9 Å². The maximum atomic E-state index is 12.5. The van der Waals surface area contributed by atoms with Crippen LogP contribution in [0.5, 0.6) is 11.5 Å². The molecule has 0 amide bonds. The summed E-state index contributed by atoms with van der Waals surface area (Å²) in [6.45, 7) is 0. The Balaban J connectivity index is 1.79.